The number of ether oxygens (including phenoxy) is 2. The van der Waals surface area contributed by atoms with Gasteiger partial charge in [0.05, 0.1) is 26.1 Å². The molecule has 0 heterocycles. The highest BCUT2D eigenvalue weighted by Crippen LogP contribution is 2.23. The van der Waals surface area contributed by atoms with E-state index >= 15 is 0 Å². The molecule has 138 valence electrons. The highest BCUT2D eigenvalue weighted by Gasteiger charge is 2.30. The molecule has 6 nitrogen and oxygen atoms in total. The van der Waals surface area contributed by atoms with Crippen molar-refractivity contribution in [3.63, 3.8) is 0 Å². The van der Waals surface area contributed by atoms with Crippen molar-refractivity contribution >= 4 is 17.6 Å². The number of carboxylic acids is 1. The first-order valence-corrected chi connectivity index (χ1v) is 8.25. The number of benzene rings is 2. The summed E-state index contributed by atoms with van der Waals surface area (Å²) in [7, 11) is 3.14. The molecule has 1 amide bonds. The van der Waals surface area contributed by atoms with Crippen LogP contribution in [0.4, 0.5) is 5.69 Å². The quantitative estimate of drug-likeness (QED) is 0.758. The molecule has 0 saturated heterocycles. The monoisotopic (exact) mass is 357 g/mol. The number of amides is 1. The molecule has 6 heteroatoms. The zero-order valence-electron chi connectivity index (χ0n) is 15.1. The summed E-state index contributed by atoms with van der Waals surface area (Å²) in [5, 5.41) is 12.2. The van der Waals surface area contributed by atoms with E-state index < -0.39 is 17.8 Å². The Morgan fingerprint density at radius 2 is 1.46 bits per heavy atom. The lowest BCUT2D eigenvalue weighted by molar-refractivity contribution is -0.145. The number of carbonyl (C=O) groups is 2. The first-order valence-electron chi connectivity index (χ1n) is 8.25. The van der Waals surface area contributed by atoms with E-state index in [-0.39, 0.29) is 5.91 Å². The van der Waals surface area contributed by atoms with Gasteiger partial charge in [0, 0.05) is 5.69 Å². The van der Waals surface area contributed by atoms with Crippen molar-refractivity contribution in [2.75, 3.05) is 19.5 Å². The van der Waals surface area contributed by atoms with Gasteiger partial charge in [0.25, 0.3) is 0 Å². The van der Waals surface area contributed by atoms with Crippen LogP contribution in [0, 0.1) is 11.8 Å². The van der Waals surface area contributed by atoms with E-state index in [9.17, 15) is 14.7 Å². The molecule has 0 fully saturated rings. The third-order valence-electron chi connectivity index (χ3n) is 4.30. The Hall–Kier alpha value is -3.02. The number of nitrogens with one attached hydrogen (secondary N) is 1. The summed E-state index contributed by atoms with van der Waals surface area (Å²) in [6.07, 6.45) is 0.319. The van der Waals surface area contributed by atoms with E-state index in [1.54, 1.807) is 57.5 Å². The average molecular weight is 357 g/mol. The number of anilines is 1. The summed E-state index contributed by atoms with van der Waals surface area (Å²) in [6.45, 7) is 1.55. The van der Waals surface area contributed by atoms with Crippen LogP contribution in [0.3, 0.4) is 0 Å². The van der Waals surface area contributed by atoms with Gasteiger partial charge in [-0.25, -0.2) is 0 Å². The van der Waals surface area contributed by atoms with Crippen molar-refractivity contribution in [2.24, 2.45) is 11.8 Å². The van der Waals surface area contributed by atoms with E-state index in [2.05, 4.69) is 5.32 Å². The van der Waals surface area contributed by atoms with Gasteiger partial charge in [-0.05, 0) is 48.4 Å². The van der Waals surface area contributed by atoms with E-state index in [0.29, 0.717) is 23.6 Å². The Balaban J connectivity index is 2.16. The second-order valence-electron chi connectivity index (χ2n) is 6.00. The number of aliphatic carboxylic acids is 1. The molecule has 0 bridgehead atoms. The zero-order valence-corrected chi connectivity index (χ0v) is 15.1. The van der Waals surface area contributed by atoms with Gasteiger partial charge in [-0.1, -0.05) is 19.1 Å². The van der Waals surface area contributed by atoms with Crippen LogP contribution in [-0.2, 0) is 16.0 Å². The lowest BCUT2D eigenvalue weighted by atomic mass is 9.87. The van der Waals surface area contributed by atoms with Crippen molar-refractivity contribution in [3.8, 4) is 11.5 Å². The minimum atomic E-state index is -1.01. The number of carboxylic acid groups (broad SMARTS) is 1. The van der Waals surface area contributed by atoms with E-state index in [0.717, 1.165) is 5.56 Å². The molecule has 0 spiro atoms. The van der Waals surface area contributed by atoms with Gasteiger partial charge < -0.3 is 19.9 Å². The Morgan fingerprint density at radius 1 is 0.962 bits per heavy atom. The van der Waals surface area contributed by atoms with Crippen LogP contribution in [0.5, 0.6) is 11.5 Å². The Bertz CT molecular complexity index is 740. The molecule has 0 aliphatic rings. The predicted octanol–water partition coefficient (Wildman–Crippen LogP) is 3.22. The molecule has 26 heavy (non-hydrogen) atoms. The minimum Gasteiger partial charge on any atom is -0.497 e. The second-order valence-corrected chi connectivity index (χ2v) is 6.00. The smallest absolute Gasteiger partial charge is 0.307 e. The van der Waals surface area contributed by atoms with Gasteiger partial charge in [0.1, 0.15) is 11.5 Å². The Labute approximate surface area is 152 Å². The highest BCUT2D eigenvalue weighted by atomic mass is 16.5. The van der Waals surface area contributed by atoms with Crippen molar-refractivity contribution in [1.82, 2.24) is 0 Å². The molecule has 2 aromatic rings. The Kier molecular flexibility index (Phi) is 6.60. The van der Waals surface area contributed by atoms with Crippen LogP contribution in [0.25, 0.3) is 0 Å². The molecule has 2 aromatic carbocycles. The number of methoxy groups -OCH3 is 2. The maximum atomic E-state index is 12.7. The molecule has 0 aliphatic carbocycles. The van der Waals surface area contributed by atoms with Gasteiger partial charge in [0.15, 0.2) is 0 Å². The summed E-state index contributed by atoms with van der Waals surface area (Å²) >= 11 is 0. The van der Waals surface area contributed by atoms with Crippen molar-refractivity contribution in [2.45, 2.75) is 13.3 Å². The number of carbonyl (C=O) groups excluding carboxylic acids is 1. The molecule has 2 N–H and O–H groups in total. The predicted molar refractivity (Wildman–Crippen MR) is 98.6 cm³/mol. The number of hydrogen-bond acceptors (Lipinski definition) is 4. The van der Waals surface area contributed by atoms with E-state index in [4.69, 9.17) is 9.47 Å². The molecule has 0 aliphatic heterocycles. The second kappa shape index (κ2) is 8.89. The van der Waals surface area contributed by atoms with E-state index in [1.807, 2.05) is 12.1 Å². The number of rotatable bonds is 8. The third-order valence-corrected chi connectivity index (χ3v) is 4.30. The van der Waals surface area contributed by atoms with Crippen LogP contribution >= 0.6 is 0 Å². The Morgan fingerprint density at radius 3 is 1.92 bits per heavy atom. The molecule has 2 atom stereocenters. The van der Waals surface area contributed by atoms with E-state index in [1.165, 1.54) is 0 Å². The molecule has 0 saturated carbocycles. The fourth-order valence-electron chi connectivity index (χ4n) is 2.59. The molecular formula is C20H23NO5. The average Bonchev–Trinajstić information content (AvgIpc) is 2.66. The minimum absolute atomic E-state index is 0.319. The first-order chi connectivity index (χ1) is 12.4. The largest absolute Gasteiger partial charge is 0.497 e. The topological polar surface area (TPSA) is 84.9 Å². The summed E-state index contributed by atoms with van der Waals surface area (Å²) in [5.41, 5.74) is 1.46. The maximum absolute atomic E-state index is 12.7. The van der Waals surface area contributed by atoms with Crippen molar-refractivity contribution < 1.29 is 24.2 Å². The maximum Gasteiger partial charge on any atom is 0.307 e. The molecule has 2 rings (SSSR count). The summed E-state index contributed by atoms with van der Waals surface area (Å²) < 4.78 is 10.2. The summed E-state index contributed by atoms with van der Waals surface area (Å²) in [4.78, 5) is 24.2. The van der Waals surface area contributed by atoms with Crippen LogP contribution in [0.2, 0.25) is 0 Å². The van der Waals surface area contributed by atoms with Gasteiger partial charge in [0.2, 0.25) is 5.91 Å². The van der Waals surface area contributed by atoms with Gasteiger partial charge in [-0.3, -0.25) is 9.59 Å². The van der Waals surface area contributed by atoms with Crippen LogP contribution in [0.1, 0.15) is 12.5 Å². The SMILES string of the molecule is COc1ccc(CC(C(=O)Nc2ccc(OC)cc2)C(C)C(=O)O)cc1. The molecular weight excluding hydrogens is 334 g/mol. The van der Waals surface area contributed by atoms with Crippen molar-refractivity contribution in [3.05, 3.63) is 54.1 Å². The normalized spacial score (nSPS) is 12.7. The van der Waals surface area contributed by atoms with Crippen LogP contribution < -0.4 is 14.8 Å². The first kappa shape index (κ1) is 19.3. The van der Waals surface area contributed by atoms with Crippen molar-refractivity contribution in [1.29, 1.82) is 0 Å². The van der Waals surface area contributed by atoms with Crippen LogP contribution in [0.15, 0.2) is 48.5 Å². The third kappa shape index (κ3) is 4.99. The molecule has 2 unspecified atom stereocenters. The lowest BCUT2D eigenvalue weighted by Gasteiger charge is -2.21. The lowest BCUT2D eigenvalue weighted by Crippen LogP contribution is -2.33. The molecule has 0 aromatic heterocycles. The summed E-state index contributed by atoms with van der Waals surface area (Å²) in [6, 6.07) is 14.1. The fourth-order valence-corrected chi connectivity index (χ4v) is 2.59. The van der Waals surface area contributed by atoms with Gasteiger partial charge in [-0.15, -0.1) is 0 Å². The van der Waals surface area contributed by atoms with Gasteiger partial charge in [-0.2, -0.15) is 0 Å². The van der Waals surface area contributed by atoms with Gasteiger partial charge >= 0.3 is 5.97 Å². The number of hydrogen-bond donors (Lipinski definition) is 2. The zero-order chi connectivity index (χ0) is 19.1. The molecule has 0 radical (unpaired) electrons. The summed E-state index contributed by atoms with van der Waals surface area (Å²) in [5.74, 6) is -1.48. The standard InChI is InChI=1S/C20H23NO5/c1-13(20(23)24)18(12-14-4-8-16(25-2)9-5-14)19(22)21-15-6-10-17(26-3)11-7-15/h4-11,13,18H,12H2,1-3H3,(H,21,22)(H,23,24). The highest BCUT2D eigenvalue weighted by molar-refractivity contribution is 5.95. The van der Waals surface area contributed by atoms with Crippen LogP contribution in [-0.4, -0.2) is 31.2 Å². The fraction of sp³-hybridized carbons (Fsp3) is 0.300.